The summed E-state index contributed by atoms with van der Waals surface area (Å²) in [5.41, 5.74) is 0.312. The quantitative estimate of drug-likeness (QED) is 0.280. The van der Waals surface area contributed by atoms with E-state index in [1.165, 1.54) is 42.5 Å². The number of hydrogen-bond acceptors (Lipinski definition) is 8. The maximum atomic E-state index is 13.9. The Morgan fingerprint density at radius 3 is 1.47 bits per heavy atom. The molecule has 4 aromatic carbocycles. The largest absolute Gasteiger partial charge is 0.453 e. The third kappa shape index (κ3) is 2.54. The van der Waals surface area contributed by atoms with E-state index in [4.69, 9.17) is 9.47 Å². The molecule has 0 aliphatic carbocycles. The normalized spacial score (nSPS) is 18.6. The van der Waals surface area contributed by atoms with Gasteiger partial charge in [-0.25, -0.2) is 25.3 Å². The Kier molecular flexibility index (Phi) is 4.05. The summed E-state index contributed by atoms with van der Waals surface area (Å²) < 4.78 is 95.4. The predicted octanol–water partition coefficient (Wildman–Crippen LogP) is 4.30. The minimum absolute atomic E-state index is 0.0333. The second kappa shape index (κ2) is 6.75. The van der Waals surface area contributed by atoms with Crippen molar-refractivity contribution in [1.29, 1.82) is 0 Å². The van der Waals surface area contributed by atoms with Gasteiger partial charge in [-0.3, -0.25) is 0 Å². The lowest BCUT2D eigenvalue weighted by Gasteiger charge is -2.32. The van der Waals surface area contributed by atoms with Crippen molar-refractivity contribution >= 4 is 29.5 Å². The van der Waals surface area contributed by atoms with Crippen molar-refractivity contribution in [3.8, 4) is 23.0 Å². The van der Waals surface area contributed by atoms with Crippen molar-refractivity contribution in [2.45, 2.75) is 35.8 Å². The summed E-state index contributed by atoms with van der Waals surface area (Å²) in [5.74, 6) is -1.02. The molecule has 4 aromatic rings. The molecule has 0 saturated carbocycles. The fourth-order valence-corrected chi connectivity index (χ4v) is 10.4. The molecule has 0 amide bonds. The number of para-hydroxylation sites is 2. The molecule has 11 heteroatoms. The smallest absolute Gasteiger partial charge is 0.217 e. The van der Waals surface area contributed by atoms with Crippen molar-refractivity contribution in [2.75, 3.05) is 0 Å². The van der Waals surface area contributed by atoms with Gasteiger partial charge < -0.3 is 9.47 Å². The van der Waals surface area contributed by atoms with Gasteiger partial charge in [-0.1, -0.05) is 42.5 Å². The topological polar surface area (TPSA) is 121 Å². The first-order valence-electron chi connectivity index (χ1n) is 10.7. The Morgan fingerprint density at radius 1 is 0.500 bits per heavy atom. The van der Waals surface area contributed by atoms with Crippen molar-refractivity contribution < 1.29 is 34.7 Å². The number of ether oxygens (including phenoxy) is 2. The van der Waals surface area contributed by atoms with Gasteiger partial charge >= 0.3 is 0 Å². The average molecular weight is 539 g/mol. The molecule has 8 nitrogen and oxygen atoms in total. The number of sulfone groups is 3. The molecule has 0 spiro atoms. The molecule has 3 aliphatic heterocycles. The van der Waals surface area contributed by atoms with E-state index in [9.17, 15) is 25.3 Å². The third-order valence-corrected chi connectivity index (χ3v) is 12.2. The molecular formula is C25H14O8S3. The molecule has 0 unspecified atom stereocenters. The number of rotatable bonds is 0. The Labute approximate surface area is 206 Å². The monoisotopic (exact) mass is 538 g/mol. The predicted molar refractivity (Wildman–Crippen MR) is 125 cm³/mol. The molecule has 0 radical (unpaired) electrons. The van der Waals surface area contributed by atoms with E-state index < -0.39 is 55.7 Å². The minimum Gasteiger partial charge on any atom is -0.453 e. The average Bonchev–Trinajstić information content (AvgIpc) is 2.83. The zero-order valence-electron chi connectivity index (χ0n) is 18.1. The van der Waals surface area contributed by atoms with Crippen LogP contribution in [0.2, 0.25) is 0 Å². The molecule has 0 fully saturated rings. The van der Waals surface area contributed by atoms with E-state index in [1.807, 2.05) is 0 Å². The summed E-state index contributed by atoms with van der Waals surface area (Å²) in [7, 11) is -13.2. The molecule has 36 heavy (non-hydrogen) atoms. The highest BCUT2D eigenvalue weighted by molar-refractivity contribution is 7.93. The van der Waals surface area contributed by atoms with Crippen LogP contribution in [0, 0.1) is 0 Å². The van der Waals surface area contributed by atoms with Gasteiger partial charge in [0.1, 0.15) is 31.1 Å². The molecule has 3 aliphatic rings. The summed E-state index contributed by atoms with van der Waals surface area (Å²) in [6, 6.07) is 17.8. The second-order valence-electron chi connectivity index (χ2n) is 8.52. The first kappa shape index (κ1) is 21.6. The van der Waals surface area contributed by atoms with Gasteiger partial charge in [0.15, 0.2) is 16.4 Å². The number of fused-ring (bicyclic) bond motifs is 9. The summed E-state index contributed by atoms with van der Waals surface area (Å²) in [6.07, 6.45) is -0.0733. The van der Waals surface area contributed by atoms with Gasteiger partial charge in [-0.15, -0.1) is 0 Å². The Balaban J connectivity index is 1.71. The fourth-order valence-electron chi connectivity index (χ4n) is 5.01. The SMILES string of the molecule is O=S1(=O)c2ccccc2Cc2c1c1c(c3c2S(=O)(=O)c2ccccc2O3)S(=O)(=O)c2ccccc2O1. The van der Waals surface area contributed by atoms with Gasteiger partial charge in [0.2, 0.25) is 29.5 Å². The van der Waals surface area contributed by atoms with Crippen LogP contribution in [0.4, 0.5) is 0 Å². The summed E-state index contributed by atoms with van der Waals surface area (Å²) >= 11 is 0. The summed E-state index contributed by atoms with van der Waals surface area (Å²) in [5, 5.41) is 0. The van der Waals surface area contributed by atoms with Crippen molar-refractivity contribution in [1.82, 2.24) is 0 Å². The van der Waals surface area contributed by atoms with E-state index in [2.05, 4.69) is 0 Å². The zero-order chi connectivity index (χ0) is 25.0. The summed E-state index contributed by atoms with van der Waals surface area (Å²) in [6.45, 7) is 0. The van der Waals surface area contributed by atoms with Crippen LogP contribution < -0.4 is 9.47 Å². The Morgan fingerprint density at radius 2 is 0.917 bits per heavy atom. The van der Waals surface area contributed by atoms with Crippen LogP contribution in [-0.4, -0.2) is 25.3 Å². The van der Waals surface area contributed by atoms with E-state index in [0.29, 0.717) is 5.56 Å². The van der Waals surface area contributed by atoms with Crippen LogP contribution in [0.5, 0.6) is 23.0 Å². The third-order valence-electron chi connectivity index (χ3n) is 6.51. The molecule has 0 aromatic heterocycles. The molecule has 0 bridgehead atoms. The zero-order valence-corrected chi connectivity index (χ0v) is 20.6. The molecule has 7 rings (SSSR count). The number of hydrogen-bond donors (Lipinski definition) is 0. The van der Waals surface area contributed by atoms with Gasteiger partial charge in [0.05, 0.1) is 4.90 Å². The van der Waals surface area contributed by atoms with Crippen LogP contribution in [-0.2, 0) is 35.9 Å². The van der Waals surface area contributed by atoms with E-state index in [-0.39, 0.29) is 38.2 Å². The molecule has 0 atom stereocenters. The molecule has 0 N–H and O–H groups in total. The van der Waals surface area contributed by atoms with E-state index in [0.717, 1.165) is 0 Å². The maximum Gasteiger partial charge on any atom is 0.217 e. The highest BCUT2D eigenvalue weighted by Crippen LogP contribution is 2.59. The highest BCUT2D eigenvalue weighted by atomic mass is 32.2. The van der Waals surface area contributed by atoms with Crippen LogP contribution >= 0.6 is 0 Å². The van der Waals surface area contributed by atoms with Crippen molar-refractivity contribution in [3.05, 3.63) is 83.9 Å². The minimum atomic E-state index is -4.44. The first-order valence-corrected chi connectivity index (χ1v) is 15.2. The Bertz CT molecular complexity index is 1760. The lowest BCUT2D eigenvalue weighted by Crippen LogP contribution is -2.25. The second-order valence-corrected chi connectivity index (χ2v) is 14.1. The lowest BCUT2D eigenvalue weighted by atomic mass is 10.0. The molecule has 180 valence electrons. The van der Waals surface area contributed by atoms with Crippen LogP contribution in [0.1, 0.15) is 11.1 Å². The maximum absolute atomic E-state index is 13.9. The standard InChI is InChI=1S/C25H14O8S3/c26-34(27)18-10-4-1-7-14(18)13-15-23(34)21-25(36(30,31)20-12-6-3-9-17(20)33-21)22-24(15)35(28,29)19-11-5-2-8-16(19)32-22/h1-12H,13H2. The molecule has 0 saturated heterocycles. The van der Waals surface area contributed by atoms with Gasteiger partial charge in [0, 0.05) is 12.0 Å². The number of benzene rings is 4. The van der Waals surface area contributed by atoms with E-state index in [1.54, 1.807) is 30.3 Å². The Hall–Kier alpha value is -3.67. The van der Waals surface area contributed by atoms with Crippen molar-refractivity contribution in [3.63, 3.8) is 0 Å². The fraction of sp³-hybridized carbons (Fsp3) is 0.0400. The van der Waals surface area contributed by atoms with E-state index >= 15 is 0 Å². The highest BCUT2D eigenvalue weighted by Gasteiger charge is 2.49. The van der Waals surface area contributed by atoms with Gasteiger partial charge in [-0.05, 0) is 35.9 Å². The molecule has 3 heterocycles. The molecular weight excluding hydrogens is 524 g/mol. The first-order chi connectivity index (χ1) is 17.1. The van der Waals surface area contributed by atoms with Crippen LogP contribution in [0.25, 0.3) is 0 Å². The van der Waals surface area contributed by atoms with Crippen LogP contribution in [0.15, 0.2) is 102 Å². The van der Waals surface area contributed by atoms with Crippen molar-refractivity contribution in [2.24, 2.45) is 0 Å². The summed E-state index contributed by atoms with van der Waals surface area (Å²) in [4.78, 5) is -1.98. The van der Waals surface area contributed by atoms with Gasteiger partial charge in [-0.2, -0.15) is 0 Å². The van der Waals surface area contributed by atoms with Crippen LogP contribution in [0.3, 0.4) is 0 Å². The lowest BCUT2D eigenvalue weighted by molar-refractivity contribution is 0.389. The van der Waals surface area contributed by atoms with Gasteiger partial charge in [0.25, 0.3) is 0 Å².